The van der Waals surface area contributed by atoms with Crippen LogP contribution < -0.4 is 15.4 Å². The molecule has 21 heavy (non-hydrogen) atoms. The second kappa shape index (κ2) is 7.64. The number of nitrogens with zero attached hydrogens (tertiary/aromatic N) is 1. The van der Waals surface area contributed by atoms with Gasteiger partial charge in [0.25, 0.3) is 0 Å². The number of amides is 2. The molecule has 0 bridgehead atoms. The van der Waals surface area contributed by atoms with Crippen LogP contribution in [0.5, 0.6) is 5.75 Å². The van der Waals surface area contributed by atoms with Gasteiger partial charge in [0.05, 0.1) is 12.3 Å². The first-order chi connectivity index (χ1) is 10.1. The van der Waals surface area contributed by atoms with Gasteiger partial charge in [-0.05, 0) is 32.4 Å². The highest BCUT2D eigenvalue weighted by Crippen LogP contribution is 2.14. The number of aromatic nitrogens is 1. The van der Waals surface area contributed by atoms with Gasteiger partial charge in [-0.2, -0.15) is 0 Å². The van der Waals surface area contributed by atoms with E-state index in [1.165, 1.54) is 16.9 Å². The molecule has 0 radical (unpaired) electrons. The van der Waals surface area contributed by atoms with Crippen molar-refractivity contribution in [3.63, 3.8) is 0 Å². The molecule has 2 N–H and O–H groups in total. The van der Waals surface area contributed by atoms with Gasteiger partial charge in [-0.25, -0.2) is 9.78 Å². The monoisotopic (exact) mass is 305 g/mol. The molecule has 112 valence electrons. The summed E-state index contributed by atoms with van der Waals surface area (Å²) in [6.07, 6.45) is 0.748. The average molecular weight is 305 g/mol. The third-order valence-corrected chi connectivity index (χ3v) is 3.61. The van der Waals surface area contributed by atoms with E-state index in [0.29, 0.717) is 18.3 Å². The average Bonchev–Trinajstić information content (AvgIpc) is 2.86. The zero-order valence-electron chi connectivity index (χ0n) is 12.2. The molecule has 0 unspecified atom stereocenters. The first-order valence-electron chi connectivity index (χ1n) is 6.80. The quantitative estimate of drug-likeness (QED) is 0.804. The van der Waals surface area contributed by atoms with Crippen molar-refractivity contribution in [2.45, 2.75) is 20.3 Å². The van der Waals surface area contributed by atoms with E-state index in [1.54, 1.807) is 0 Å². The summed E-state index contributed by atoms with van der Waals surface area (Å²) < 4.78 is 5.58. The Morgan fingerprint density at radius 2 is 2.05 bits per heavy atom. The summed E-state index contributed by atoms with van der Waals surface area (Å²) in [5.74, 6) is 0.850. The normalized spacial score (nSPS) is 10.2. The van der Waals surface area contributed by atoms with Crippen LogP contribution in [0.4, 0.5) is 9.93 Å². The Labute approximate surface area is 128 Å². The van der Waals surface area contributed by atoms with Crippen molar-refractivity contribution in [2.24, 2.45) is 0 Å². The number of ether oxygens (including phenoxy) is 1. The predicted molar refractivity (Wildman–Crippen MR) is 85.2 cm³/mol. The molecule has 0 fully saturated rings. The lowest BCUT2D eigenvalue weighted by Gasteiger charge is -2.07. The minimum absolute atomic E-state index is 0.236. The number of hydrogen-bond donors (Lipinski definition) is 2. The number of carbonyl (C=O) groups is 1. The van der Waals surface area contributed by atoms with Crippen molar-refractivity contribution in [1.82, 2.24) is 10.3 Å². The zero-order valence-corrected chi connectivity index (χ0v) is 13.0. The predicted octanol–water partition coefficient (Wildman–Crippen LogP) is 3.35. The Kier molecular flexibility index (Phi) is 5.57. The van der Waals surface area contributed by atoms with Crippen molar-refractivity contribution in [1.29, 1.82) is 0 Å². The summed E-state index contributed by atoms with van der Waals surface area (Å²) in [5, 5.41) is 7.97. The van der Waals surface area contributed by atoms with E-state index >= 15 is 0 Å². The molecule has 0 aliphatic heterocycles. The fraction of sp³-hybridized carbons (Fsp3) is 0.333. The van der Waals surface area contributed by atoms with E-state index in [4.69, 9.17) is 4.74 Å². The Balaban J connectivity index is 1.59. The molecular formula is C15H19N3O2S. The van der Waals surface area contributed by atoms with Gasteiger partial charge in [0, 0.05) is 11.9 Å². The summed E-state index contributed by atoms with van der Waals surface area (Å²) in [5.41, 5.74) is 2.11. The highest BCUT2D eigenvalue weighted by Gasteiger charge is 2.03. The molecule has 0 saturated heterocycles. The van der Waals surface area contributed by atoms with Crippen LogP contribution >= 0.6 is 11.3 Å². The second-order valence-electron chi connectivity index (χ2n) is 4.69. The standard InChI is InChI=1S/C15H19N3O2S/c1-11-4-6-13(7-5-11)20-9-3-8-16-14(19)18-15-17-12(2)10-21-15/h4-7,10H,3,8-9H2,1-2H3,(H2,16,17,18,19). The molecule has 6 heteroatoms. The molecule has 0 spiro atoms. The smallest absolute Gasteiger partial charge is 0.321 e. The topological polar surface area (TPSA) is 63.2 Å². The minimum Gasteiger partial charge on any atom is -0.494 e. The second-order valence-corrected chi connectivity index (χ2v) is 5.55. The van der Waals surface area contributed by atoms with Crippen LogP contribution in [0.25, 0.3) is 0 Å². The molecule has 1 aromatic heterocycles. The number of nitrogens with one attached hydrogen (secondary N) is 2. The van der Waals surface area contributed by atoms with Gasteiger partial charge < -0.3 is 10.1 Å². The highest BCUT2D eigenvalue weighted by molar-refractivity contribution is 7.13. The number of benzene rings is 1. The fourth-order valence-corrected chi connectivity index (χ4v) is 2.33. The number of hydrogen-bond acceptors (Lipinski definition) is 4. The molecule has 2 aromatic rings. The number of aryl methyl sites for hydroxylation is 2. The molecular weight excluding hydrogens is 286 g/mol. The Bertz CT molecular complexity index is 581. The first kappa shape index (κ1) is 15.3. The van der Waals surface area contributed by atoms with Crippen LogP contribution in [0.1, 0.15) is 17.7 Å². The van der Waals surface area contributed by atoms with Gasteiger partial charge in [0.2, 0.25) is 0 Å². The van der Waals surface area contributed by atoms with Gasteiger partial charge in [-0.15, -0.1) is 11.3 Å². The van der Waals surface area contributed by atoms with Crippen molar-refractivity contribution in [3.05, 3.63) is 40.9 Å². The Morgan fingerprint density at radius 3 is 2.71 bits per heavy atom. The fourth-order valence-electron chi connectivity index (χ4n) is 1.65. The Morgan fingerprint density at radius 1 is 1.29 bits per heavy atom. The molecule has 5 nitrogen and oxygen atoms in total. The highest BCUT2D eigenvalue weighted by atomic mass is 32.1. The van der Waals surface area contributed by atoms with E-state index in [9.17, 15) is 4.79 Å². The summed E-state index contributed by atoms with van der Waals surface area (Å²) in [7, 11) is 0. The van der Waals surface area contributed by atoms with Crippen LogP contribution in [0, 0.1) is 13.8 Å². The molecule has 1 aromatic carbocycles. The third-order valence-electron chi connectivity index (χ3n) is 2.74. The van der Waals surface area contributed by atoms with Crippen LogP contribution in [-0.4, -0.2) is 24.2 Å². The molecule has 0 aliphatic carbocycles. The van der Waals surface area contributed by atoms with Crippen LogP contribution in [0.3, 0.4) is 0 Å². The first-order valence-corrected chi connectivity index (χ1v) is 7.68. The third kappa shape index (κ3) is 5.43. The molecule has 0 saturated carbocycles. The van der Waals surface area contributed by atoms with E-state index in [-0.39, 0.29) is 6.03 Å². The largest absolute Gasteiger partial charge is 0.494 e. The zero-order chi connectivity index (χ0) is 15.1. The maximum absolute atomic E-state index is 11.6. The van der Waals surface area contributed by atoms with Gasteiger partial charge in [0.15, 0.2) is 5.13 Å². The summed E-state index contributed by atoms with van der Waals surface area (Å²) in [6.45, 7) is 5.06. The number of carbonyl (C=O) groups excluding carboxylic acids is 1. The molecule has 0 aliphatic rings. The number of anilines is 1. The van der Waals surface area contributed by atoms with Crippen LogP contribution in [-0.2, 0) is 0 Å². The van der Waals surface area contributed by atoms with E-state index in [2.05, 4.69) is 15.6 Å². The maximum Gasteiger partial charge on any atom is 0.321 e. The lowest BCUT2D eigenvalue weighted by atomic mass is 10.2. The van der Waals surface area contributed by atoms with Crippen LogP contribution in [0.2, 0.25) is 0 Å². The van der Waals surface area contributed by atoms with Crippen LogP contribution in [0.15, 0.2) is 29.6 Å². The van der Waals surface area contributed by atoms with E-state index in [1.807, 2.05) is 43.5 Å². The lowest BCUT2D eigenvalue weighted by Crippen LogP contribution is -2.30. The SMILES string of the molecule is Cc1ccc(OCCCNC(=O)Nc2nc(C)cs2)cc1. The number of thiazole rings is 1. The van der Waals surface area contributed by atoms with E-state index in [0.717, 1.165) is 17.9 Å². The maximum atomic E-state index is 11.6. The van der Waals surface area contributed by atoms with Crippen molar-refractivity contribution in [3.8, 4) is 5.75 Å². The molecule has 1 heterocycles. The summed E-state index contributed by atoms with van der Waals surface area (Å²) in [4.78, 5) is 15.8. The number of urea groups is 1. The van der Waals surface area contributed by atoms with Crippen molar-refractivity contribution >= 4 is 22.5 Å². The van der Waals surface area contributed by atoms with Gasteiger partial charge in [-0.1, -0.05) is 17.7 Å². The summed E-state index contributed by atoms with van der Waals surface area (Å²) in [6, 6.07) is 7.67. The van der Waals surface area contributed by atoms with Crippen molar-refractivity contribution in [2.75, 3.05) is 18.5 Å². The van der Waals surface area contributed by atoms with Crippen molar-refractivity contribution < 1.29 is 9.53 Å². The summed E-state index contributed by atoms with van der Waals surface area (Å²) >= 11 is 1.41. The molecule has 2 amide bonds. The molecule has 2 rings (SSSR count). The minimum atomic E-state index is -0.236. The van der Waals surface area contributed by atoms with Gasteiger partial charge in [0.1, 0.15) is 5.75 Å². The molecule has 0 atom stereocenters. The lowest BCUT2D eigenvalue weighted by molar-refractivity contribution is 0.250. The Hall–Kier alpha value is -2.08. The number of rotatable bonds is 6. The van der Waals surface area contributed by atoms with E-state index < -0.39 is 0 Å². The van der Waals surface area contributed by atoms with Gasteiger partial charge in [-0.3, -0.25) is 5.32 Å². The van der Waals surface area contributed by atoms with Gasteiger partial charge >= 0.3 is 6.03 Å².